The molecule has 0 heterocycles. The molecule has 17 heavy (non-hydrogen) atoms. The van der Waals surface area contributed by atoms with E-state index in [1.54, 1.807) is 7.11 Å². The maximum Gasteiger partial charge on any atom is 0.190 e. The smallest absolute Gasteiger partial charge is 0.190 e. The second-order valence-corrected chi connectivity index (χ2v) is 4.06. The van der Waals surface area contributed by atoms with E-state index in [0.29, 0.717) is 5.05 Å². The van der Waals surface area contributed by atoms with Crippen molar-refractivity contribution < 1.29 is 4.74 Å². The zero-order valence-corrected chi connectivity index (χ0v) is 10.3. The van der Waals surface area contributed by atoms with Gasteiger partial charge < -0.3 is 10.5 Å². The van der Waals surface area contributed by atoms with Gasteiger partial charge in [0.25, 0.3) is 0 Å². The van der Waals surface area contributed by atoms with Crippen LogP contribution in [-0.4, -0.2) is 12.2 Å². The second kappa shape index (κ2) is 4.97. The van der Waals surface area contributed by atoms with Gasteiger partial charge in [-0.2, -0.15) is 0 Å². The van der Waals surface area contributed by atoms with Gasteiger partial charge in [0.05, 0.1) is 7.11 Å². The van der Waals surface area contributed by atoms with Crippen LogP contribution in [0.2, 0.25) is 0 Å². The predicted octanol–water partition coefficient (Wildman–Crippen LogP) is 3.26. The van der Waals surface area contributed by atoms with Gasteiger partial charge in [0, 0.05) is 11.3 Å². The molecule has 0 atom stereocenters. The fourth-order valence-electron chi connectivity index (χ4n) is 1.59. The van der Waals surface area contributed by atoms with E-state index in [1.165, 1.54) is 0 Å². The molecule has 0 aliphatic rings. The van der Waals surface area contributed by atoms with Crippen LogP contribution in [0.1, 0.15) is 5.56 Å². The Balaban J connectivity index is 2.29. The molecule has 2 nitrogen and oxygen atoms in total. The summed E-state index contributed by atoms with van der Waals surface area (Å²) in [5.41, 5.74) is 9.61. The lowest BCUT2D eigenvalue weighted by Crippen LogP contribution is -1.98. The third-order valence-corrected chi connectivity index (χ3v) is 2.95. The van der Waals surface area contributed by atoms with E-state index >= 15 is 0 Å². The van der Waals surface area contributed by atoms with Crippen LogP contribution in [0.3, 0.4) is 0 Å². The molecule has 2 aromatic rings. The van der Waals surface area contributed by atoms with E-state index in [-0.39, 0.29) is 0 Å². The van der Waals surface area contributed by atoms with Crippen molar-refractivity contribution >= 4 is 23.0 Å². The van der Waals surface area contributed by atoms with Crippen LogP contribution in [0.4, 0.5) is 5.69 Å². The predicted molar refractivity (Wildman–Crippen MR) is 75.0 cm³/mol. The lowest BCUT2D eigenvalue weighted by molar-refractivity contribution is 0.416. The Morgan fingerprint density at radius 1 is 0.941 bits per heavy atom. The topological polar surface area (TPSA) is 35.2 Å². The molecule has 0 aliphatic carbocycles. The largest absolute Gasteiger partial charge is 0.486 e. The van der Waals surface area contributed by atoms with Crippen molar-refractivity contribution in [3.05, 3.63) is 54.1 Å². The highest BCUT2D eigenvalue weighted by Gasteiger charge is 2.01. The first kappa shape index (κ1) is 11.6. The summed E-state index contributed by atoms with van der Waals surface area (Å²) < 4.78 is 5.01. The van der Waals surface area contributed by atoms with Crippen molar-refractivity contribution in [1.29, 1.82) is 0 Å². The number of methoxy groups -OCH3 is 1. The summed E-state index contributed by atoms with van der Waals surface area (Å²) >= 11 is 5.06. The maximum absolute atomic E-state index is 5.65. The fourth-order valence-corrected chi connectivity index (χ4v) is 1.73. The number of hydrogen-bond acceptors (Lipinski definition) is 3. The van der Waals surface area contributed by atoms with Gasteiger partial charge in [-0.15, -0.1) is 0 Å². The van der Waals surface area contributed by atoms with E-state index in [0.717, 1.165) is 22.4 Å². The van der Waals surface area contributed by atoms with Crippen molar-refractivity contribution in [3.63, 3.8) is 0 Å². The molecule has 0 radical (unpaired) electrons. The summed E-state index contributed by atoms with van der Waals surface area (Å²) in [5, 5.41) is 0.508. The number of benzene rings is 2. The molecule has 0 aromatic heterocycles. The number of nitrogens with two attached hydrogens (primary N) is 1. The zero-order chi connectivity index (χ0) is 12.3. The molecule has 0 unspecified atom stereocenters. The quantitative estimate of drug-likeness (QED) is 0.649. The maximum atomic E-state index is 5.65. The Kier molecular flexibility index (Phi) is 3.40. The minimum absolute atomic E-state index is 0.508. The molecular weight excluding hydrogens is 230 g/mol. The molecule has 0 aliphatic heterocycles. The number of thiocarbonyl (C=S) groups is 1. The molecule has 0 amide bonds. The Morgan fingerprint density at radius 3 is 1.88 bits per heavy atom. The third kappa shape index (κ3) is 2.63. The minimum atomic E-state index is 0.508. The fraction of sp³-hybridized carbons (Fsp3) is 0.0714. The average Bonchev–Trinajstić information content (AvgIpc) is 2.39. The molecule has 2 aromatic carbocycles. The second-order valence-electron chi connectivity index (χ2n) is 3.69. The number of nitrogen functional groups attached to an aromatic ring is 1. The van der Waals surface area contributed by atoms with E-state index in [9.17, 15) is 0 Å². The Morgan fingerprint density at radius 2 is 1.41 bits per heavy atom. The molecule has 0 fully saturated rings. The SMILES string of the molecule is COC(=S)c1ccc(-c2ccc(N)cc2)cc1. The van der Waals surface area contributed by atoms with Crippen LogP contribution in [0.25, 0.3) is 11.1 Å². The molecule has 0 saturated carbocycles. The summed E-state index contributed by atoms with van der Waals surface area (Å²) in [6.45, 7) is 0. The summed E-state index contributed by atoms with van der Waals surface area (Å²) in [6.07, 6.45) is 0. The molecule has 2 rings (SSSR count). The molecule has 0 saturated heterocycles. The molecule has 0 spiro atoms. The van der Waals surface area contributed by atoms with Crippen LogP contribution in [0, 0.1) is 0 Å². The van der Waals surface area contributed by atoms with Crippen LogP contribution in [0.5, 0.6) is 0 Å². The van der Waals surface area contributed by atoms with Crippen LogP contribution >= 0.6 is 12.2 Å². The van der Waals surface area contributed by atoms with Gasteiger partial charge >= 0.3 is 0 Å². The first-order valence-corrected chi connectivity index (χ1v) is 5.66. The first-order chi connectivity index (χ1) is 8.20. The van der Waals surface area contributed by atoms with Gasteiger partial charge in [-0.3, -0.25) is 0 Å². The first-order valence-electron chi connectivity index (χ1n) is 5.25. The van der Waals surface area contributed by atoms with E-state index in [4.69, 9.17) is 22.7 Å². The molecule has 0 bridgehead atoms. The summed E-state index contributed by atoms with van der Waals surface area (Å²) in [5.74, 6) is 0. The van der Waals surface area contributed by atoms with Gasteiger partial charge in [0.15, 0.2) is 5.05 Å². The zero-order valence-electron chi connectivity index (χ0n) is 9.51. The lowest BCUT2D eigenvalue weighted by atomic mass is 10.0. The van der Waals surface area contributed by atoms with Gasteiger partial charge in [0.2, 0.25) is 0 Å². The number of ether oxygens (including phenoxy) is 1. The Hall–Kier alpha value is -1.87. The van der Waals surface area contributed by atoms with E-state index in [1.807, 2.05) is 48.5 Å². The lowest BCUT2D eigenvalue weighted by Gasteiger charge is -2.05. The van der Waals surface area contributed by atoms with Gasteiger partial charge in [0.1, 0.15) is 0 Å². The minimum Gasteiger partial charge on any atom is -0.486 e. The number of anilines is 1. The monoisotopic (exact) mass is 243 g/mol. The van der Waals surface area contributed by atoms with Crippen molar-refractivity contribution in [1.82, 2.24) is 0 Å². The highest BCUT2D eigenvalue weighted by Crippen LogP contribution is 2.21. The van der Waals surface area contributed by atoms with Crippen molar-refractivity contribution in [2.24, 2.45) is 0 Å². The Labute approximate surface area is 106 Å². The van der Waals surface area contributed by atoms with E-state index < -0.39 is 0 Å². The van der Waals surface area contributed by atoms with E-state index in [2.05, 4.69) is 0 Å². The summed E-state index contributed by atoms with van der Waals surface area (Å²) in [7, 11) is 1.58. The molecule has 86 valence electrons. The average molecular weight is 243 g/mol. The highest BCUT2D eigenvalue weighted by atomic mass is 32.1. The normalized spacial score (nSPS) is 9.94. The van der Waals surface area contributed by atoms with Crippen molar-refractivity contribution in [2.45, 2.75) is 0 Å². The van der Waals surface area contributed by atoms with Crippen molar-refractivity contribution in [2.75, 3.05) is 12.8 Å². The Bertz CT molecular complexity index is 517. The van der Waals surface area contributed by atoms with Crippen molar-refractivity contribution in [3.8, 4) is 11.1 Å². The molecule has 3 heteroatoms. The standard InChI is InChI=1S/C14H13NOS/c1-16-14(17)12-4-2-10(3-5-12)11-6-8-13(15)9-7-11/h2-9H,15H2,1H3. The van der Waals surface area contributed by atoms with Gasteiger partial charge in [-0.05, 0) is 47.6 Å². The van der Waals surface area contributed by atoms with Crippen LogP contribution in [0.15, 0.2) is 48.5 Å². The van der Waals surface area contributed by atoms with Crippen LogP contribution < -0.4 is 5.73 Å². The van der Waals surface area contributed by atoms with Gasteiger partial charge in [-0.25, -0.2) is 0 Å². The summed E-state index contributed by atoms with van der Waals surface area (Å²) in [6, 6.07) is 15.7. The number of hydrogen-bond donors (Lipinski definition) is 1. The number of rotatable bonds is 2. The highest BCUT2D eigenvalue weighted by molar-refractivity contribution is 7.80. The van der Waals surface area contributed by atoms with Crippen LogP contribution in [-0.2, 0) is 4.74 Å². The van der Waals surface area contributed by atoms with Gasteiger partial charge in [-0.1, -0.05) is 24.3 Å². The summed E-state index contributed by atoms with van der Waals surface area (Å²) in [4.78, 5) is 0. The molecule has 2 N–H and O–H groups in total. The molecular formula is C14H13NOS. The third-order valence-electron chi connectivity index (χ3n) is 2.55.